The predicted octanol–water partition coefficient (Wildman–Crippen LogP) is 3.63. The molecule has 2 aromatic heterocycles. The average Bonchev–Trinajstić information content (AvgIpc) is 3.01. The Bertz CT molecular complexity index is 999. The first kappa shape index (κ1) is 16.6. The molecule has 0 spiro atoms. The summed E-state index contributed by atoms with van der Waals surface area (Å²) in [5.41, 5.74) is 10.5. The summed E-state index contributed by atoms with van der Waals surface area (Å²) in [6.45, 7) is 3.84. The first-order valence-electron chi connectivity index (χ1n) is 8.08. The fourth-order valence-electron chi connectivity index (χ4n) is 2.85. The topological polar surface area (TPSA) is 88.8 Å². The molecule has 25 heavy (non-hydrogen) atoms. The van der Waals surface area contributed by atoms with Crippen molar-refractivity contribution in [2.75, 3.05) is 0 Å². The van der Waals surface area contributed by atoms with Crippen LogP contribution in [-0.4, -0.2) is 21.7 Å². The van der Waals surface area contributed by atoms with E-state index in [2.05, 4.69) is 9.97 Å². The van der Waals surface area contributed by atoms with Gasteiger partial charge in [-0.25, -0.2) is 4.98 Å². The largest absolute Gasteiger partial charge is 0.366 e. The van der Waals surface area contributed by atoms with Gasteiger partial charge in [-0.1, -0.05) is 19.1 Å². The lowest BCUT2D eigenvalue weighted by molar-refractivity contribution is -0.113. The molecule has 1 aromatic carbocycles. The van der Waals surface area contributed by atoms with Crippen LogP contribution in [-0.2, 0) is 4.79 Å². The van der Waals surface area contributed by atoms with Crippen molar-refractivity contribution < 1.29 is 9.59 Å². The van der Waals surface area contributed by atoms with Gasteiger partial charge in [0.2, 0.25) is 5.91 Å². The number of aryl methyl sites for hydroxylation is 1. The Morgan fingerprint density at radius 1 is 1.28 bits per heavy atom. The van der Waals surface area contributed by atoms with Gasteiger partial charge >= 0.3 is 0 Å². The standard InChI is InChI=1S/C20H19N3O2/c1-3-18(24)13-4-6-16(12(2)8-13)15-9-17-14(5-7-19(21)25)10-22-20(17)23-11-15/h4-11H,3H2,1-2H3,(H2,21,25)(H,22,23)/b7-5+. The van der Waals surface area contributed by atoms with E-state index in [4.69, 9.17) is 5.73 Å². The maximum absolute atomic E-state index is 11.9. The van der Waals surface area contributed by atoms with Crippen LogP contribution < -0.4 is 5.73 Å². The zero-order valence-corrected chi connectivity index (χ0v) is 14.2. The summed E-state index contributed by atoms with van der Waals surface area (Å²) in [5, 5.41) is 0.906. The molecule has 0 saturated heterocycles. The van der Waals surface area contributed by atoms with Crippen molar-refractivity contribution in [3.8, 4) is 11.1 Å². The summed E-state index contributed by atoms with van der Waals surface area (Å²) in [5.74, 6) is -0.363. The minimum Gasteiger partial charge on any atom is -0.366 e. The highest BCUT2D eigenvalue weighted by Crippen LogP contribution is 2.28. The summed E-state index contributed by atoms with van der Waals surface area (Å²) in [7, 11) is 0. The number of fused-ring (bicyclic) bond motifs is 1. The summed E-state index contributed by atoms with van der Waals surface area (Å²) >= 11 is 0. The summed E-state index contributed by atoms with van der Waals surface area (Å²) in [4.78, 5) is 30.3. The number of pyridine rings is 1. The highest BCUT2D eigenvalue weighted by molar-refractivity contribution is 5.97. The first-order valence-corrected chi connectivity index (χ1v) is 8.08. The van der Waals surface area contributed by atoms with Crippen molar-refractivity contribution in [2.24, 2.45) is 5.73 Å². The first-order chi connectivity index (χ1) is 12.0. The SMILES string of the molecule is CCC(=O)c1ccc(-c2cnc3[nH]cc(/C=C/C(N)=O)c3c2)c(C)c1. The van der Waals surface area contributed by atoms with E-state index in [1.54, 1.807) is 18.5 Å². The Balaban J connectivity index is 2.06. The van der Waals surface area contributed by atoms with Crippen molar-refractivity contribution in [3.05, 3.63) is 59.4 Å². The van der Waals surface area contributed by atoms with Gasteiger partial charge in [-0.15, -0.1) is 0 Å². The van der Waals surface area contributed by atoms with E-state index in [1.165, 1.54) is 6.08 Å². The molecule has 5 nitrogen and oxygen atoms in total. The molecule has 0 aliphatic carbocycles. The molecule has 126 valence electrons. The molecular weight excluding hydrogens is 314 g/mol. The van der Waals surface area contributed by atoms with Crippen LogP contribution in [0.15, 0.2) is 42.7 Å². The summed E-state index contributed by atoms with van der Waals surface area (Å²) in [6.07, 6.45) is 7.07. The molecule has 2 heterocycles. The molecule has 0 aliphatic rings. The molecule has 0 unspecified atom stereocenters. The fraction of sp³-hybridized carbons (Fsp3) is 0.150. The Labute approximate surface area is 145 Å². The molecule has 0 aliphatic heterocycles. The van der Waals surface area contributed by atoms with Gasteiger partial charge in [-0.3, -0.25) is 9.59 Å². The number of rotatable bonds is 5. The van der Waals surface area contributed by atoms with Gasteiger partial charge in [0.05, 0.1) is 0 Å². The molecule has 5 heteroatoms. The number of hydrogen-bond acceptors (Lipinski definition) is 3. The predicted molar refractivity (Wildman–Crippen MR) is 99.1 cm³/mol. The molecule has 0 bridgehead atoms. The monoisotopic (exact) mass is 333 g/mol. The third kappa shape index (κ3) is 3.35. The number of nitrogens with two attached hydrogens (primary N) is 1. The number of carbonyl (C=O) groups is 2. The molecule has 3 aromatic rings. The maximum atomic E-state index is 11.9. The van der Waals surface area contributed by atoms with Crippen molar-refractivity contribution >= 4 is 28.8 Å². The zero-order chi connectivity index (χ0) is 18.0. The van der Waals surface area contributed by atoms with E-state index in [-0.39, 0.29) is 5.78 Å². The third-order valence-corrected chi connectivity index (χ3v) is 4.17. The molecule has 3 N–H and O–H groups in total. The second kappa shape index (κ2) is 6.73. The maximum Gasteiger partial charge on any atom is 0.241 e. The lowest BCUT2D eigenvalue weighted by Gasteiger charge is -2.08. The number of benzene rings is 1. The van der Waals surface area contributed by atoms with Crippen LogP contribution in [0, 0.1) is 6.92 Å². The number of ketones is 1. The zero-order valence-electron chi connectivity index (χ0n) is 14.2. The number of H-pyrrole nitrogens is 1. The van der Waals surface area contributed by atoms with E-state index in [0.29, 0.717) is 6.42 Å². The van der Waals surface area contributed by atoms with E-state index >= 15 is 0 Å². The molecule has 0 fully saturated rings. The number of carbonyl (C=O) groups excluding carboxylic acids is 2. The lowest BCUT2D eigenvalue weighted by Crippen LogP contribution is -2.04. The van der Waals surface area contributed by atoms with Crippen molar-refractivity contribution in [2.45, 2.75) is 20.3 Å². The number of amides is 1. The number of nitrogens with one attached hydrogen (secondary N) is 1. The van der Waals surface area contributed by atoms with E-state index in [9.17, 15) is 9.59 Å². The van der Waals surface area contributed by atoms with Crippen molar-refractivity contribution in [1.29, 1.82) is 0 Å². The molecule has 0 atom stereocenters. The van der Waals surface area contributed by atoms with Crippen LogP contribution >= 0.6 is 0 Å². The minimum atomic E-state index is -0.495. The Kier molecular flexibility index (Phi) is 4.48. The number of Topliss-reactive ketones (excluding diaryl/α,β-unsaturated/α-hetero) is 1. The van der Waals surface area contributed by atoms with Crippen LogP contribution in [0.4, 0.5) is 0 Å². The summed E-state index contributed by atoms with van der Waals surface area (Å²) in [6, 6.07) is 7.73. The Hall–Kier alpha value is -3.21. The molecular formula is C20H19N3O2. The quantitative estimate of drug-likeness (QED) is 0.552. The van der Waals surface area contributed by atoms with Crippen LogP contribution in [0.5, 0.6) is 0 Å². The molecule has 1 amide bonds. The minimum absolute atomic E-state index is 0.132. The number of primary amides is 1. The number of aromatic amines is 1. The van der Waals surface area contributed by atoms with Gasteiger partial charge in [-0.2, -0.15) is 0 Å². The van der Waals surface area contributed by atoms with Crippen LogP contribution in [0.2, 0.25) is 0 Å². The van der Waals surface area contributed by atoms with Gasteiger partial charge in [-0.05, 0) is 36.3 Å². The second-order valence-electron chi connectivity index (χ2n) is 5.91. The highest BCUT2D eigenvalue weighted by Gasteiger charge is 2.10. The number of hydrogen-bond donors (Lipinski definition) is 2. The Morgan fingerprint density at radius 2 is 2.08 bits per heavy atom. The highest BCUT2D eigenvalue weighted by atomic mass is 16.1. The molecule has 3 rings (SSSR count). The van der Waals surface area contributed by atoms with Crippen LogP contribution in [0.25, 0.3) is 28.2 Å². The van der Waals surface area contributed by atoms with Gasteiger partial charge in [0, 0.05) is 47.0 Å². The lowest BCUT2D eigenvalue weighted by atomic mass is 9.97. The number of aromatic nitrogens is 2. The Morgan fingerprint density at radius 3 is 2.76 bits per heavy atom. The smallest absolute Gasteiger partial charge is 0.241 e. The van der Waals surface area contributed by atoms with Gasteiger partial charge in [0.25, 0.3) is 0 Å². The van der Waals surface area contributed by atoms with E-state index in [1.807, 2.05) is 38.1 Å². The van der Waals surface area contributed by atoms with Gasteiger partial charge in [0.15, 0.2) is 5.78 Å². The average molecular weight is 333 g/mol. The summed E-state index contributed by atoms with van der Waals surface area (Å²) < 4.78 is 0. The molecule has 0 saturated carbocycles. The van der Waals surface area contributed by atoms with E-state index < -0.39 is 5.91 Å². The third-order valence-electron chi connectivity index (χ3n) is 4.17. The van der Waals surface area contributed by atoms with E-state index in [0.717, 1.165) is 38.9 Å². The number of nitrogens with zero attached hydrogens (tertiary/aromatic N) is 1. The van der Waals surface area contributed by atoms with Crippen molar-refractivity contribution in [3.63, 3.8) is 0 Å². The van der Waals surface area contributed by atoms with Crippen molar-refractivity contribution in [1.82, 2.24) is 9.97 Å². The van der Waals surface area contributed by atoms with Crippen LogP contribution in [0.3, 0.4) is 0 Å². The normalized spacial score (nSPS) is 11.3. The fourth-order valence-corrected chi connectivity index (χ4v) is 2.85. The second-order valence-corrected chi connectivity index (χ2v) is 5.91. The molecule has 0 radical (unpaired) electrons. The van der Waals surface area contributed by atoms with Gasteiger partial charge < -0.3 is 10.7 Å². The van der Waals surface area contributed by atoms with Crippen LogP contribution in [0.1, 0.15) is 34.8 Å². The van der Waals surface area contributed by atoms with Gasteiger partial charge in [0.1, 0.15) is 5.65 Å².